The van der Waals surface area contributed by atoms with Crippen LogP contribution in [-0.2, 0) is 22.4 Å². The average Bonchev–Trinajstić information content (AvgIpc) is 2.74. The summed E-state index contributed by atoms with van der Waals surface area (Å²) in [6.45, 7) is 3.37. The second-order valence-electron chi connectivity index (χ2n) is 7.27. The number of pyridine rings is 1. The molecular weight excluding hydrogens is 382 g/mol. The number of aromatic nitrogens is 1. The van der Waals surface area contributed by atoms with E-state index in [0.29, 0.717) is 44.1 Å². The zero-order chi connectivity index (χ0) is 20.5. The minimum atomic E-state index is -2.52. The Labute approximate surface area is 167 Å². The molecule has 4 rings (SSSR count). The zero-order valence-electron chi connectivity index (χ0n) is 16.5. The molecule has 8 heteroatoms. The lowest BCUT2D eigenvalue weighted by atomic mass is 9.94. The third-order valence-electron chi connectivity index (χ3n) is 5.44. The molecule has 0 N–H and O–H groups in total. The standard InChI is InChI=1S/C21H24F2N2O4/c1-13-17(26)10-19(24(2)20-12-27-7-8-28-20)25-6-5-14-9-15(29-11-18(22)23)3-4-16(14)21(13)25/h3-4,9-10,18,20H,5-8,11-12H2,1-2H3/t20-/m1/s1. The highest BCUT2D eigenvalue weighted by Crippen LogP contribution is 2.36. The van der Waals surface area contributed by atoms with Crippen LogP contribution in [-0.4, -0.2) is 50.7 Å². The fourth-order valence-electron chi connectivity index (χ4n) is 3.94. The number of ether oxygens (including phenoxy) is 3. The highest BCUT2D eigenvalue weighted by atomic mass is 19.3. The molecule has 1 fully saturated rings. The van der Waals surface area contributed by atoms with E-state index in [1.54, 1.807) is 18.2 Å². The molecule has 29 heavy (non-hydrogen) atoms. The number of alkyl halides is 2. The molecule has 6 nitrogen and oxygen atoms in total. The van der Waals surface area contributed by atoms with Gasteiger partial charge in [0.1, 0.15) is 18.2 Å². The number of likely N-dealkylation sites (N-methyl/N-ethyl adjacent to an activating group) is 1. The van der Waals surface area contributed by atoms with Gasteiger partial charge in [0.05, 0.1) is 25.5 Å². The topological polar surface area (TPSA) is 52.9 Å². The minimum Gasteiger partial charge on any atom is -0.488 e. The van der Waals surface area contributed by atoms with Crippen LogP contribution in [0.4, 0.5) is 14.6 Å². The van der Waals surface area contributed by atoms with E-state index in [2.05, 4.69) is 4.57 Å². The number of halogens is 2. The maximum absolute atomic E-state index is 12.7. The molecule has 0 unspecified atom stereocenters. The van der Waals surface area contributed by atoms with E-state index in [-0.39, 0.29) is 11.7 Å². The first-order valence-corrected chi connectivity index (χ1v) is 9.66. The van der Waals surface area contributed by atoms with E-state index < -0.39 is 13.0 Å². The van der Waals surface area contributed by atoms with Crippen LogP contribution >= 0.6 is 0 Å². The van der Waals surface area contributed by atoms with E-state index in [9.17, 15) is 13.6 Å². The van der Waals surface area contributed by atoms with Crippen molar-refractivity contribution in [1.29, 1.82) is 0 Å². The van der Waals surface area contributed by atoms with E-state index in [0.717, 1.165) is 22.6 Å². The predicted molar refractivity (Wildman–Crippen MR) is 105 cm³/mol. The lowest BCUT2D eigenvalue weighted by Gasteiger charge is -2.36. The Balaban J connectivity index is 1.74. The summed E-state index contributed by atoms with van der Waals surface area (Å²) in [4.78, 5) is 14.7. The number of benzene rings is 1. The quantitative estimate of drug-likeness (QED) is 0.764. The first-order chi connectivity index (χ1) is 14.0. The molecule has 2 aromatic rings. The van der Waals surface area contributed by atoms with Crippen molar-refractivity contribution in [2.24, 2.45) is 0 Å². The van der Waals surface area contributed by atoms with Gasteiger partial charge in [-0.15, -0.1) is 0 Å². The van der Waals surface area contributed by atoms with Crippen LogP contribution in [0.2, 0.25) is 0 Å². The van der Waals surface area contributed by atoms with Gasteiger partial charge in [0.25, 0.3) is 6.43 Å². The van der Waals surface area contributed by atoms with Gasteiger partial charge in [-0.05, 0) is 37.1 Å². The van der Waals surface area contributed by atoms with Crippen LogP contribution < -0.4 is 15.1 Å². The lowest BCUT2D eigenvalue weighted by Crippen LogP contribution is -2.44. The van der Waals surface area contributed by atoms with Gasteiger partial charge in [-0.25, -0.2) is 8.78 Å². The number of nitrogens with zero attached hydrogens (tertiary/aromatic N) is 2. The molecular formula is C21H24F2N2O4. The van der Waals surface area contributed by atoms with Crippen molar-refractivity contribution in [2.45, 2.75) is 32.5 Å². The van der Waals surface area contributed by atoms with Crippen LogP contribution in [0.1, 0.15) is 11.1 Å². The highest BCUT2D eigenvalue weighted by Gasteiger charge is 2.27. The average molecular weight is 406 g/mol. The summed E-state index contributed by atoms with van der Waals surface area (Å²) in [5.74, 6) is 1.19. The molecule has 1 aromatic carbocycles. The molecule has 2 aliphatic rings. The molecule has 0 radical (unpaired) electrons. The Morgan fingerprint density at radius 3 is 2.86 bits per heavy atom. The summed E-state index contributed by atoms with van der Waals surface area (Å²) >= 11 is 0. The third kappa shape index (κ3) is 3.86. The van der Waals surface area contributed by atoms with Crippen LogP contribution in [0.15, 0.2) is 29.1 Å². The van der Waals surface area contributed by atoms with Gasteiger partial charge in [-0.3, -0.25) is 4.79 Å². The number of hydrogen-bond donors (Lipinski definition) is 0. The SMILES string of the molecule is Cc1c2n(c(N(C)[C@H]3COCCO3)cc1=O)CCc1cc(OCC(F)F)ccc1-2. The second-order valence-corrected chi connectivity index (χ2v) is 7.27. The smallest absolute Gasteiger partial charge is 0.272 e. The second kappa shape index (κ2) is 8.12. The van der Waals surface area contributed by atoms with Crippen LogP contribution in [0.25, 0.3) is 11.3 Å². The van der Waals surface area contributed by atoms with Gasteiger partial charge in [0.15, 0.2) is 11.7 Å². The summed E-state index contributed by atoms with van der Waals surface area (Å²) in [7, 11) is 1.90. The molecule has 0 amide bonds. The Bertz CT molecular complexity index is 954. The fourth-order valence-corrected chi connectivity index (χ4v) is 3.94. The summed E-state index contributed by atoms with van der Waals surface area (Å²) in [6.07, 6.45) is -2.06. The minimum absolute atomic E-state index is 0.0549. The summed E-state index contributed by atoms with van der Waals surface area (Å²) in [5, 5.41) is 0. The molecule has 0 spiro atoms. The van der Waals surface area contributed by atoms with Crippen molar-refractivity contribution in [1.82, 2.24) is 4.57 Å². The zero-order valence-corrected chi connectivity index (χ0v) is 16.5. The fraction of sp³-hybridized carbons (Fsp3) is 0.476. The van der Waals surface area contributed by atoms with Crippen molar-refractivity contribution in [3.63, 3.8) is 0 Å². The molecule has 3 heterocycles. The number of rotatable bonds is 5. The van der Waals surface area contributed by atoms with Crippen molar-refractivity contribution in [3.8, 4) is 17.0 Å². The molecule has 156 valence electrons. The van der Waals surface area contributed by atoms with Crippen molar-refractivity contribution in [2.75, 3.05) is 38.4 Å². The molecule has 1 saturated heterocycles. The van der Waals surface area contributed by atoms with Crippen LogP contribution in [0.5, 0.6) is 5.75 Å². The molecule has 1 aromatic heterocycles. The van der Waals surface area contributed by atoms with Crippen molar-refractivity contribution < 1.29 is 23.0 Å². The predicted octanol–water partition coefficient (Wildman–Crippen LogP) is 2.83. The summed E-state index contributed by atoms with van der Waals surface area (Å²) in [6, 6.07) is 6.95. The van der Waals surface area contributed by atoms with Gasteiger partial charge < -0.3 is 23.7 Å². The van der Waals surface area contributed by atoms with Gasteiger partial charge in [-0.1, -0.05) is 0 Å². The molecule has 2 aliphatic heterocycles. The van der Waals surface area contributed by atoms with Gasteiger partial charge in [-0.2, -0.15) is 0 Å². The van der Waals surface area contributed by atoms with E-state index in [1.165, 1.54) is 0 Å². The molecule has 0 aliphatic carbocycles. The number of hydrogen-bond acceptors (Lipinski definition) is 5. The third-order valence-corrected chi connectivity index (χ3v) is 5.44. The summed E-state index contributed by atoms with van der Waals surface area (Å²) in [5.41, 5.74) is 3.35. The maximum Gasteiger partial charge on any atom is 0.272 e. The highest BCUT2D eigenvalue weighted by molar-refractivity contribution is 5.72. The maximum atomic E-state index is 12.7. The van der Waals surface area contributed by atoms with Crippen molar-refractivity contribution >= 4 is 5.82 Å². The monoisotopic (exact) mass is 406 g/mol. The van der Waals surface area contributed by atoms with Gasteiger partial charge in [0.2, 0.25) is 0 Å². The Morgan fingerprint density at radius 2 is 2.14 bits per heavy atom. The normalized spacial score (nSPS) is 18.3. The van der Waals surface area contributed by atoms with Crippen LogP contribution in [0, 0.1) is 6.92 Å². The Hall–Kier alpha value is -2.45. The number of aryl methyl sites for hydroxylation is 1. The van der Waals surface area contributed by atoms with Crippen LogP contribution in [0.3, 0.4) is 0 Å². The first-order valence-electron chi connectivity index (χ1n) is 9.66. The van der Waals surface area contributed by atoms with Gasteiger partial charge in [0, 0.05) is 30.8 Å². The Kier molecular flexibility index (Phi) is 5.56. The molecule has 0 saturated carbocycles. The lowest BCUT2D eigenvalue weighted by molar-refractivity contribution is -0.0869. The summed E-state index contributed by atoms with van der Waals surface area (Å²) < 4.78 is 43.5. The van der Waals surface area contributed by atoms with E-state index in [1.807, 2.05) is 24.9 Å². The van der Waals surface area contributed by atoms with Crippen molar-refractivity contribution in [3.05, 3.63) is 45.6 Å². The van der Waals surface area contributed by atoms with E-state index >= 15 is 0 Å². The Morgan fingerprint density at radius 1 is 1.31 bits per heavy atom. The molecule has 1 atom stereocenters. The number of fused-ring (bicyclic) bond motifs is 3. The first kappa shape index (κ1) is 19.8. The largest absolute Gasteiger partial charge is 0.488 e. The van der Waals surface area contributed by atoms with Gasteiger partial charge >= 0.3 is 0 Å². The number of anilines is 1. The van der Waals surface area contributed by atoms with E-state index in [4.69, 9.17) is 14.2 Å². The molecule has 0 bridgehead atoms.